The smallest absolute Gasteiger partial charge is 0.00392 e. The minimum atomic E-state index is 0.967. The van der Waals surface area contributed by atoms with Crippen LogP contribution in [0.4, 0.5) is 0 Å². The van der Waals surface area contributed by atoms with Crippen LogP contribution in [0.1, 0.15) is 52.4 Å². The molecule has 0 amide bonds. The van der Waals surface area contributed by atoms with Gasteiger partial charge in [0.25, 0.3) is 0 Å². The van der Waals surface area contributed by atoms with Crippen LogP contribution in [0.5, 0.6) is 0 Å². The number of rotatable bonds is 9. The van der Waals surface area contributed by atoms with Gasteiger partial charge < -0.3 is 0 Å². The van der Waals surface area contributed by atoms with E-state index in [-0.39, 0.29) is 0 Å². The van der Waals surface area contributed by atoms with Gasteiger partial charge in [-0.1, -0.05) is 46.5 Å². The molecule has 0 saturated carbocycles. The van der Waals surface area contributed by atoms with Crippen molar-refractivity contribution in [2.45, 2.75) is 52.4 Å². The molecule has 0 aliphatic rings. The molecule has 1 unspecified atom stereocenters. The fraction of sp³-hybridized carbons (Fsp3) is 0.917. The van der Waals surface area contributed by atoms with Crippen LogP contribution in [0.2, 0.25) is 0 Å². The summed E-state index contributed by atoms with van der Waals surface area (Å²) in [4.78, 5) is 0. The van der Waals surface area contributed by atoms with Crippen molar-refractivity contribution in [3.05, 3.63) is 6.92 Å². The van der Waals surface area contributed by atoms with E-state index in [1.807, 2.05) is 0 Å². The van der Waals surface area contributed by atoms with E-state index >= 15 is 0 Å². The third-order valence-electron chi connectivity index (χ3n) is 2.44. The van der Waals surface area contributed by atoms with Gasteiger partial charge in [0.2, 0.25) is 0 Å². The second kappa shape index (κ2) is 10.4. The zero-order valence-corrected chi connectivity index (χ0v) is 10.2. The molecular formula is C12H25S. The van der Waals surface area contributed by atoms with Gasteiger partial charge in [0.15, 0.2) is 0 Å². The fourth-order valence-electron chi connectivity index (χ4n) is 1.35. The van der Waals surface area contributed by atoms with Crippen LogP contribution >= 0.6 is 11.8 Å². The quantitative estimate of drug-likeness (QED) is 0.493. The van der Waals surface area contributed by atoms with Crippen LogP contribution in [-0.2, 0) is 0 Å². The summed E-state index contributed by atoms with van der Waals surface area (Å²) >= 11 is 2.12. The molecule has 0 fully saturated rings. The highest BCUT2D eigenvalue weighted by atomic mass is 32.2. The Labute approximate surface area is 88.9 Å². The molecule has 0 aliphatic carbocycles. The number of hydrogen-bond acceptors (Lipinski definition) is 1. The first-order chi connectivity index (χ1) is 6.35. The summed E-state index contributed by atoms with van der Waals surface area (Å²) < 4.78 is 0. The first-order valence-corrected chi connectivity index (χ1v) is 6.87. The Hall–Kier alpha value is 0.350. The average Bonchev–Trinajstić information content (AvgIpc) is 2.17. The largest absolute Gasteiger partial charge is 0.162 e. The van der Waals surface area contributed by atoms with Crippen LogP contribution in [0.25, 0.3) is 0 Å². The van der Waals surface area contributed by atoms with Crippen LogP contribution < -0.4 is 0 Å². The van der Waals surface area contributed by atoms with E-state index in [9.17, 15) is 0 Å². The van der Waals surface area contributed by atoms with Crippen molar-refractivity contribution in [2.75, 3.05) is 11.5 Å². The van der Waals surface area contributed by atoms with Gasteiger partial charge in [-0.3, -0.25) is 0 Å². The summed E-state index contributed by atoms with van der Waals surface area (Å²) in [6.45, 7) is 8.46. The van der Waals surface area contributed by atoms with Gasteiger partial charge >= 0.3 is 0 Å². The summed E-state index contributed by atoms with van der Waals surface area (Å²) in [6.07, 6.45) is 7.93. The maximum absolute atomic E-state index is 3.86. The Bertz CT molecular complexity index is 91.1. The van der Waals surface area contributed by atoms with Gasteiger partial charge in [0.1, 0.15) is 0 Å². The predicted molar refractivity (Wildman–Crippen MR) is 65.2 cm³/mol. The first-order valence-electron chi connectivity index (χ1n) is 5.72. The molecule has 0 nitrogen and oxygen atoms in total. The molecule has 0 aromatic rings. The molecule has 0 N–H and O–H groups in total. The molecule has 0 spiro atoms. The van der Waals surface area contributed by atoms with Crippen molar-refractivity contribution in [1.29, 1.82) is 0 Å². The van der Waals surface area contributed by atoms with Crippen LogP contribution in [-0.4, -0.2) is 11.5 Å². The Morgan fingerprint density at radius 3 is 2.54 bits per heavy atom. The minimum absolute atomic E-state index is 0.967. The highest BCUT2D eigenvalue weighted by Gasteiger charge is 2.04. The zero-order valence-electron chi connectivity index (χ0n) is 9.35. The third kappa shape index (κ3) is 8.67. The Morgan fingerprint density at radius 1 is 1.23 bits per heavy atom. The van der Waals surface area contributed by atoms with Crippen molar-refractivity contribution in [3.8, 4) is 0 Å². The molecular weight excluding hydrogens is 176 g/mol. The third-order valence-corrected chi connectivity index (χ3v) is 3.72. The second-order valence-corrected chi connectivity index (χ2v) is 4.85. The molecule has 0 bridgehead atoms. The van der Waals surface area contributed by atoms with Gasteiger partial charge in [-0.05, 0) is 30.3 Å². The van der Waals surface area contributed by atoms with Crippen molar-refractivity contribution < 1.29 is 0 Å². The van der Waals surface area contributed by atoms with E-state index in [1.165, 1.54) is 43.6 Å². The lowest BCUT2D eigenvalue weighted by Crippen LogP contribution is -2.02. The molecule has 1 radical (unpaired) electrons. The molecule has 79 valence electrons. The van der Waals surface area contributed by atoms with Crippen molar-refractivity contribution in [3.63, 3.8) is 0 Å². The topological polar surface area (TPSA) is 0 Å². The van der Waals surface area contributed by atoms with Gasteiger partial charge in [-0.15, -0.1) is 0 Å². The molecule has 13 heavy (non-hydrogen) atoms. The summed E-state index contributed by atoms with van der Waals surface area (Å²) in [5.41, 5.74) is 0. The van der Waals surface area contributed by atoms with Gasteiger partial charge in [0, 0.05) is 0 Å². The van der Waals surface area contributed by atoms with Crippen LogP contribution in [0, 0.1) is 12.8 Å². The monoisotopic (exact) mass is 201 g/mol. The Kier molecular flexibility index (Phi) is 10.7. The number of unbranched alkanes of at least 4 members (excludes halogenated alkanes) is 2. The van der Waals surface area contributed by atoms with Crippen LogP contribution in [0.3, 0.4) is 0 Å². The number of thioether (sulfide) groups is 1. The summed E-state index contributed by atoms with van der Waals surface area (Å²) in [6, 6.07) is 0. The highest BCUT2D eigenvalue weighted by Crippen LogP contribution is 2.18. The molecule has 0 aliphatic heterocycles. The lowest BCUT2D eigenvalue weighted by atomic mass is 10.0. The van der Waals surface area contributed by atoms with Gasteiger partial charge in [-0.2, -0.15) is 11.8 Å². The maximum Gasteiger partial charge on any atom is -0.00392 e. The Balaban J connectivity index is 3.25. The van der Waals surface area contributed by atoms with Gasteiger partial charge in [-0.25, -0.2) is 0 Å². The van der Waals surface area contributed by atoms with E-state index in [4.69, 9.17) is 0 Å². The SMILES string of the molecule is [CH2]CCCSCC(CC)CCCC. The van der Waals surface area contributed by atoms with Crippen molar-refractivity contribution >= 4 is 11.8 Å². The van der Waals surface area contributed by atoms with E-state index in [2.05, 4.69) is 32.5 Å². The first kappa shape index (κ1) is 13.4. The number of hydrogen-bond donors (Lipinski definition) is 0. The highest BCUT2D eigenvalue weighted by molar-refractivity contribution is 7.99. The average molecular weight is 201 g/mol. The zero-order chi connectivity index (χ0) is 9.94. The van der Waals surface area contributed by atoms with Crippen LogP contribution in [0.15, 0.2) is 0 Å². The lowest BCUT2D eigenvalue weighted by Gasteiger charge is -2.13. The molecule has 0 aromatic carbocycles. The standard InChI is InChI=1S/C12H25S/c1-4-7-9-12(6-3)11-13-10-8-5-2/h12H,2,4-11H2,1,3H3. The summed E-state index contributed by atoms with van der Waals surface area (Å²) in [5.74, 6) is 3.65. The molecule has 0 rings (SSSR count). The molecule has 0 heterocycles. The molecule has 0 aromatic heterocycles. The van der Waals surface area contributed by atoms with Crippen molar-refractivity contribution in [1.82, 2.24) is 0 Å². The Morgan fingerprint density at radius 2 is 2.00 bits per heavy atom. The normalized spacial score (nSPS) is 13.2. The second-order valence-electron chi connectivity index (χ2n) is 3.70. The fourth-order valence-corrected chi connectivity index (χ4v) is 2.66. The predicted octanol–water partition coefficient (Wildman–Crippen LogP) is 4.55. The molecule has 1 heteroatoms. The maximum atomic E-state index is 3.86. The molecule has 0 saturated heterocycles. The molecule has 1 atom stereocenters. The van der Waals surface area contributed by atoms with Crippen molar-refractivity contribution in [2.24, 2.45) is 5.92 Å². The van der Waals surface area contributed by atoms with E-state index in [1.54, 1.807) is 0 Å². The summed E-state index contributed by atoms with van der Waals surface area (Å²) in [5, 5.41) is 0. The summed E-state index contributed by atoms with van der Waals surface area (Å²) in [7, 11) is 0. The van der Waals surface area contributed by atoms with Gasteiger partial charge in [0.05, 0.1) is 0 Å². The lowest BCUT2D eigenvalue weighted by molar-refractivity contribution is 0.499. The van der Waals surface area contributed by atoms with E-state index in [0.29, 0.717) is 0 Å². The minimum Gasteiger partial charge on any atom is -0.162 e. The van der Waals surface area contributed by atoms with E-state index < -0.39 is 0 Å². The van der Waals surface area contributed by atoms with E-state index in [0.717, 1.165) is 12.3 Å².